The van der Waals surface area contributed by atoms with Crippen molar-refractivity contribution < 1.29 is 0 Å². The molecule has 5 heteroatoms. The highest BCUT2D eigenvalue weighted by atomic mass is 32.1. The van der Waals surface area contributed by atoms with Gasteiger partial charge in [0.25, 0.3) is 0 Å². The van der Waals surface area contributed by atoms with E-state index >= 15 is 0 Å². The molecule has 0 aliphatic carbocycles. The van der Waals surface area contributed by atoms with Gasteiger partial charge in [-0.2, -0.15) is 0 Å². The topological polar surface area (TPSA) is 52.7 Å². The van der Waals surface area contributed by atoms with Crippen molar-refractivity contribution in [2.24, 2.45) is 0 Å². The van der Waals surface area contributed by atoms with Crippen LogP contribution in [0.3, 0.4) is 0 Å². The summed E-state index contributed by atoms with van der Waals surface area (Å²) >= 11 is 5.43. The summed E-state index contributed by atoms with van der Waals surface area (Å²) in [5, 5.41) is 9.36. The molecule has 25 heavy (non-hydrogen) atoms. The summed E-state index contributed by atoms with van der Waals surface area (Å²) in [6.45, 7) is 4.07. The van der Waals surface area contributed by atoms with Crippen molar-refractivity contribution in [3.05, 3.63) is 66.0 Å². The molecule has 2 aromatic heterocycles. The number of nitrogens with one attached hydrogen (secondary N) is 3. The van der Waals surface area contributed by atoms with Crippen LogP contribution in [0.1, 0.15) is 11.3 Å². The molecule has 0 radical (unpaired) electrons. The number of benzene rings is 2. The SMILES string of the molecule is Cc1ccc(NC(=S)Nc2ccc3[nH]c4c(C)nccc4c3c2)cc1. The van der Waals surface area contributed by atoms with E-state index < -0.39 is 0 Å². The number of anilines is 2. The molecule has 0 saturated carbocycles. The van der Waals surface area contributed by atoms with Gasteiger partial charge in [0.1, 0.15) is 0 Å². The average molecular weight is 346 g/mol. The number of H-pyrrole nitrogens is 1. The molecule has 0 fully saturated rings. The highest BCUT2D eigenvalue weighted by Crippen LogP contribution is 2.28. The summed E-state index contributed by atoms with van der Waals surface area (Å²) in [6.07, 6.45) is 1.84. The smallest absolute Gasteiger partial charge is 0.175 e. The molecule has 4 rings (SSSR count). The van der Waals surface area contributed by atoms with Gasteiger partial charge in [0.2, 0.25) is 0 Å². The van der Waals surface area contributed by atoms with E-state index in [0.717, 1.165) is 33.5 Å². The molecule has 2 heterocycles. The Balaban J connectivity index is 1.61. The Labute approximate surface area is 151 Å². The number of nitrogens with zero attached hydrogens (tertiary/aromatic N) is 1. The molecule has 0 saturated heterocycles. The molecule has 0 unspecified atom stereocenters. The number of aryl methyl sites for hydroxylation is 2. The third kappa shape index (κ3) is 3.06. The Kier molecular flexibility index (Phi) is 3.86. The van der Waals surface area contributed by atoms with E-state index in [4.69, 9.17) is 12.2 Å². The fourth-order valence-corrected chi connectivity index (χ4v) is 3.20. The Hall–Kier alpha value is -2.92. The van der Waals surface area contributed by atoms with Crippen molar-refractivity contribution >= 4 is 50.5 Å². The van der Waals surface area contributed by atoms with Crippen molar-refractivity contribution in [2.45, 2.75) is 13.8 Å². The van der Waals surface area contributed by atoms with Crippen LogP contribution in [0.5, 0.6) is 0 Å². The summed E-state index contributed by atoms with van der Waals surface area (Å²) in [6, 6.07) is 16.4. The van der Waals surface area contributed by atoms with Crippen LogP contribution >= 0.6 is 12.2 Å². The van der Waals surface area contributed by atoms with Gasteiger partial charge < -0.3 is 15.6 Å². The van der Waals surface area contributed by atoms with Gasteiger partial charge in [0.15, 0.2) is 5.11 Å². The number of aromatic amines is 1. The molecule has 2 aromatic carbocycles. The Bertz CT molecular complexity index is 1080. The lowest BCUT2D eigenvalue weighted by Crippen LogP contribution is -2.18. The van der Waals surface area contributed by atoms with Gasteiger partial charge in [-0.15, -0.1) is 0 Å². The molecule has 0 spiro atoms. The number of thiocarbonyl (C=S) groups is 1. The first-order valence-electron chi connectivity index (χ1n) is 8.12. The molecule has 0 bridgehead atoms. The first kappa shape index (κ1) is 15.6. The molecule has 0 atom stereocenters. The molecular weight excluding hydrogens is 328 g/mol. The van der Waals surface area contributed by atoms with Crippen LogP contribution in [0.2, 0.25) is 0 Å². The van der Waals surface area contributed by atoms with Gasteiger partial charge >= 0.3 is 0 Å². The van der Waals surface area contributed by atoms with Crippen molar-refractivity contribution in [1.82, 2.24) is 9.97 Å². The van der Waals surface area contributed by atoms with Crippen molar-refractivity contribution in [2.75, 3.05) is 10.6 Å². The predicted molar refractivity (Wildman–Crippen MR) is 109 cm³/mol. The zero-order valence-electron chi connectivity index (χ0n) is 14.1. The second-order valence-corrected chi connectivity index (χ2v) is 6.56. The fourth-order valence-electron chi connectivity index (χ4n) is 2.97. The molecule has 0 aliphatic heterocycles. The second-order valence-electron chi connectivity index (χ2n) is 6.15. The van der Waals surface area contributed by atoms with Crippen molar-refractivity contribution in [3.63, 3.8) is 0 Å². The first-order valence-corrected chi connectivity index (χ1v) is 8.53. The predicted octanol–water partition coefficient (Wildman–Crippen LogP) is 5.14. The zero-order valence-corrected chi connectivity index (χ0v) is 14.9. The van der Waals surface area contributed by atoms with Crippen LogP contribution in [0.25, 0.3) is 21.8 Å². The average Bonchev–Trinajstić information content (AvgIpc) is 2.97. The molecule has 124 valence electrons. The fraction of sp³-hybridized carbons (Fsp3) is 0.100. The second kappa shape index (κ2) is 6.18. The minimum Gasteiger partial charge on any atom is -0.353 e. The van der Waals surface area contributed by atoms with Crippen LogP contribution in [0.15, 0.2) is 54.7 Å². The highest BCUT2D eigenvalue weighted by Gasteiger charge is 2.08. The highest BCUT2D eigenvalue weighted by molar-refractivity contribution is 7.80. The van der Waals surface area contributed by atoms with Crippen molar-refractivity contribution in [1.29, 1.82) is 0 Å². The van der Waals surface area contributed by atoms with E-state index in [1.165, 1.54) is 10.9 Å². The maximum Gasteiger partial charge on any atom is 0.175 e. The van der Waals surface area contributed by atoms with Gasteiger partial charge in [0, 0.05) is 33.9 Å². The monoisotopic (exact) mass is 346 g/mol. The summed E-state index contributed by atoms with van der Waals surface area (Å²) in [5.41, 5.74) is 6.31. The number of hydrogen-bond donors (Lipinski definition) is 3. The number of hydrogen-bond acceptors (Lipinski definition) is 2. The van der Waals surface area contributed by atoms with E-state index in [2.05, 4.69) is 51.8 Å². The largest absolute Gasteiger partial charge is 0.353 e. The lowest BCUT2D eigenvalue weighted by atomic mass is 10.1. The van der Waals surface area contributed by atoms with Gasteiger partial charge in [-0.25, -0.2) is 0 Å². The van der Waals surface area contributed by atoms with E-state index in [-0.39, 0.29) is 0 Å². The minimum atomic E-state index is 0.570. The maximum absolute atomic E-state index is 5.43. The quantitative estimate of drug-likeness (QED) is 0.440. The number of fused-ring (bicyclic) bond motifs is 3. The lowest BCUT2D eigenvalue weighted by molar-refractivity contribution is 1.22. The molecule has 0 amide bonds. The summed E-state index contributed by atoms with van der Waals surface area (Å²) in [7, 11) is 0. The summed E-state index contributed by atoms with van der Waals surface area (Å²) < 4.78 is 0. The van der Waals surface area contributed by atoms with E-state index in [0.29, 0.717) is 5.11 Å². The first-order chi connectivity index (χ1) is 12.1. The number of rotatable bonds is 2. The standard InChI is InChI=1S/C20H18N4S/c1-12-3-5-14(6-4-12)22-20(25)23-15-7-8-18-17(11-15)16-9-10-21-13(2)19(16)24-18/h3-11,24H,1-2H3,(H2,22,23,25). The van der Waals surface area contributed by atoms with Crippen molar-refractivity contribution in [3.8, 4) is 0 Å². The molecular formula is C20H18N4S. The van der Waals surface area contributed by atoms with E-state index in [9.17, 15) is 0 Å². The lowest BCUT2D eigenvalue weighted by Gasteiger charge is -2.11. The Morgan fingerprint density at radius 3 is 2.44 bits per heavy atom. The normalized spacial score (nSPS) is 11.0. The van der Waals surface area contributed by atoms with Gasteiger partial charge in [-0.3, -0.25) is 4.98 Å². The summed E-state index contributed by atoms with van der Waals surface area (Å²) in [4.78, 5) is 7.78. The summed E-state index contributed by atoms with van der Waals surface area (Å²) in [5.74, 6) is 0. The van der Waals surface area contributed by atoms with Gasteiger partial charge in [-0.1, -0.05) is 17.7 Å². The van der Waals surface area contributed by atoms with E-state index in [1.807, 2.05) is 37.4 Å². The molecule has 0 aliphatic rings. The van der Waals surface area contributed by atoms with Crippen LogP contribution in [-0.2, 0) is 0 Å². The van der Waals surface area contributed by atoms with Gasteiger partial charge in [0.05, 0.1) is 11.2 Å². The molecule has 4 nitrogen and oxygen atoms in total. The van der Waals surface area contributed by atoms with Crippen LogP contribution in [-0.4, -0.2) is 15.1 Å². The van der Waals surface area contributed by atoms with E-state index in [1.54, 1.807) is 0 Å². The minimum absolute atomic E-state index is 0.570. The molecule has 3 N–H and O–H groups in total. The van der Waals surface area contributed by atoms with Crippen LogP contribution < -0.4 is 10.6 Å². The Morgan fingerprint density at radius 2 is 1.64 bits per heavy atom. The third-order valence-electron chi connectivity index (χ3n) is 4.28. The zero-order chi connectivity index (χ0) is 17.4. The number of pyridine rings is 1. The molecule has 4 aromatic rings. The van der Waals surface area contributed by atoms with Gasteiger partial charge in [-0.05, 0) is 62.5 Å². The third-order valence-corrected chi connectivity index (χ3v) is 4.48. The van der Waals surface area contributed by atoms with Crippen LogP contribution in [0, 0.1) is 13.8 Å². The number of aromatic nitrogens is 2. The Morgan fingerprint density at radius 1 is 0.920 bits per heavy atom. The van der Waals surface area contributed by atoms with Crippen LogP contribution in [0.4, 0.5) is 11.4 Å². The maximum atomic E-state index is 5.43.